The summed E-state index contributed by atoms with van der Waals surface area (Å²) in [5.74, 6) is 1.12. The van der Waals surface area contributed by atoms with E-state index in [0.29, 0.717) is 0 Å². The summed E-state index contributed by atoms with van der Waals surface area (Å²) >= 11 is 6.11. The minimum Gasteiger partial charge on any atom is -0.354 e. The number of hydrogen-bond donors (Lipinski definition) is 0. The number of anilines is 1. The van der Waals surface area contributed by atoms with Crippen LogP contribution < -0.4 is 4.90 Å². The van der Waals surface area contributed by atoms with Gasteiger partial charge in [-0.25, -0.2) is 4.98 Å². The molecule has 0 amide bonds. The average Bonchev–Trinajstić information content (AvgIpc) is 3.12. The molecule has 0 saturated carbocycles. The fourth-order valence-electron chi connectivity index (χ4n) is 4.80. The van der Waals surface area contributed by atoms with Gasteiger partial charge in [0.1, 0.15) is 5.82 Å². The molecular formula is C27H30ClN5. The Morgan fingerprint density at radius 1 is 0.879 bits per heavy atom. The molecule has 170 valence electrons. The van der Waals surface area contributed by atoms with Crippen LogP contribution in [0.1, 0.15) is 28.1 Å². The molecule has 5 nitrogen and oxygen atoms in total. The van der Waals surface area contributed by atoms with Crippen LogP contribution in [-0.2, 0) is 6.54 Å². The van der Waals surface area contributed by atoms with Crippen molar-refractivity contribution in [2.24, 2.45) is 0 Å². The second kappa shape index (κ2) is 8.81. The highest BCUT2D eigenvalue weighted by Crippen LogP contribution is 2.31. The molecule has 0 radical (unpaired) electrons. The van der Waals surface area contributed by atoms with E-state index in [1.54, 1.807) is 0 Å². The van der Waals surface area contributed by atoms with Crippen molar-refractivity contribution in [3.63, 3.8) is 0 Å². The molecule has 5 rings (SSSR count). The first-order valence-electron chi connectivity index (χ1n) is 11.6. The first kappa shape index (κ1) is 21.9. The highest BCUT2D eigenvalue weighted by molar-refractivity contribution is 6.30. The molecule has 6 heteroatoms. The predicted molar refractivity (Wildman–Crippen MR) is 136 cm³/mol. The van der Waals surface area contributed by atoms with Gasteiger partial charge in [0.25, 0.3) is 0 Å². The Morgan fingerprint density at radius 2 is 1.61 bits per heavy atom. The topological polar surface area (TPSA) is 36.7 Å². The number of aromatic nitrogens is 3. The van der Waals surface area contributed by atoms with Gasteiger partial charge < -0.3 is 4.90 Å². The van der Waals surface area contributed by atoms with Gasteiger partial charge in [-0.15, -0.1) is 0 Å². The summed E-state index contributed by atoms with van der Waals surface area (Å²) < 4.78 is 2.02. The minimum atomic E-state index is 0.733. The fraction of sp³-hybridized carbons (Fsp3) is 0.333. The van der Waals surface area contributed by atoms with Gasteiger partial charge in [-0.05, 0) is 56.5 Å². The van der Waals surface area contributed by atoms with E-state index in [-0.39, 0.29) is 0 Å². The van der Waals surface area contributed by atoms with Gasteiger partial charge in [0.05, 0.1) is 5.69 Å². The summed E-state index contributed by atoms with van der Waals surface area (Å²) in [6.45, 7) is 13.5. The van der Waals surface area contributed by atoms with Gasteiger partial charge in [-0.1, -0.05) is 47.5 Å². The number of nitrogens with zero attached hydrogens (tertiary/aromatic N) is 5. The summed E-state index contributed by atoms with van der Waals surface area (Å²) in [6, 6.07) is 16.9. The van der Waals surface area contributed by atoms with Crippen molar-refractivity contribution in [3.8, 4) is 11.1 Å². The molecule has 33 heavy (non-hydrogen) atoms. The van der Waals surface area contributed by atoms with Crippen molar-refractivity contribution < 1.29 is 0 Å². The maximum atomic E-state index is 6.11. The molecule has 1 fully saturated rings. The predicted octanol–water partition coefficient (Wildman–Crippen LogP) is 5.61. The summed E-state index contributed by atoms with van der Waals surface area (Å²) in [5.41, 5.74) is 9.18. The van der Waals surface area contributed by atoms with Crippen LogP contribution in [0.25, 0.3) is 16.8 Å². The average molecular weight is 460 g/mol. The molecule has 2 aromatic heterocycles. The van der Waals surface area contributed by atoms with E-state index in [0.717, 1.165) is 71.7 Å². The lowest BCUT2D eigenvalue weighted by Crippen LogP contribution is -2.46. The molecule has 0 N–H and O–H groups in total. The van der Waals surface area contributed by atoms with Gasteiger partial charge in [0, 0.05) is 55.1 Å². The quantitative estimate of drug-likeness (QED) is 0.397. The minimum absolute atomic E-state index is 0.733. The normalized spacial score (nSPS) is 14.9. The second-order valence-corrected chi connectivity index (χ2v) is 9.59. The molecule has 1 aliphatic heterocycles. The maximum Gasteiger partial charge on any atom is 0.165 e. The molecule has 0 bridgehead atoms. The number of benzene rings is 2. The van der Waals surface area contributed by atoms with E-state index in [1.807, 2.05) is 28.8 Å². The van der Waals surface area contributed by atoms with Crippen molar-refractivity contribution in [2.45, 2.75) is 34.2 Å². The van der Waals surface area contributed by atoms with E-state index >= 15 is 0 Å². The number of aryl methyl sites for hydroxylation is 4. The van der Waals surface area contributed by atoms with Crippen LogP contribution in [0, 0.1) is 27.7 Å². The Bertz CT molecular complexity index is 1300. The Balaban J connectivity index is 1.40. The van der Waals surface area contributed by atoms with Crippen LogP contribution >= 0.6 is 11.6 Å². The van der Waals surface area contributed by atoms with Gasteiger partial charge in [0.2, 0.25) is 0 Å². The van der Waals surface area contributed by atoms with Gasteiger partial charge >= 0.3 is 0 Å². The molecule has 0 spiro atoms. The molecule has 0 aliphatic carbocycles. The van der Waals surface area contributed by atoms with Crippen molar-refractivity contribution in [1.82, 2.24) is 19.5 Å². The number of rotatable bonds is 4. The van der Waals surface area contributed by atoms with Crippen molar-refractivity contribution >= 4 is 23.1 Å². The SMILES string of the molecule is Cc1ccc(CN2CCN(c3cc(C)nc4c(-c5ccc(Cl)cc5)c(C)nn34)CC2)c(C)c1. The third-order valence-corrected chi connectivity index (χ3v) is 6.85. The molecule has 2 aromatic carbocycles. The number of fused-ring (bicyclic) bond motifs is 1. The van der Waals surface area contributed by atoms with E-state index in [1.165, 1.54) is 16.7 Å². The fourth-order valence-corrected chi connectivity index (χ4v) is 4.93. The highest BCUT2D eigenvalue weighted by Gasteiger charge is 2.23. The number of halogens is 1. The molecule has 1 aliphatic rings. The summed E-state index contributed by atoms with van der Waals surface area (Å²) in [4.78, 5) is 9.86. The van der Waals surface area contributed by atoms with E-state index < -0.39 is 0 Å². The van der Waals surface area contributed by atoms with E-state index in [9.17, 15) is 0 Å². The molecule has 0 atom stereocenters. The second-order valence-electron chi connectivity index (χ2n) is 9.15. The zero-order valence-electron chi connectivity index (χ0n) is 19.8. The molecule has 3 heterocycles. The van der Waals surface area contributed by atoms with Crippen molar-refractivity contribution in [1.29, 1.82) is 0 Å². The van der Waals surface area contributed by atoms with Gasteiger partial charge in [-0.3, -0.25) is 4.90 Å². The van der Waals surface area contributed by atoms with E-state index in [4.69, 9.17) is 21.7 Å². The zero-order valence-corrected chi connectivity index (χ0v) is 20.5. The standard InChI is InChI=1S/C27H30ClN5/c1-18-5-6-23(19(2)15-18)17-31-11-13-32(14-12-31)25-16-20(3)29-27-26(21(4)30-33(25)27)22-7-9-24(28)10-8-22/h5-10,15-16H,11-14,17H2,1-4H3. The zero-order chi connectivity index (χ0) is 23.1. The van der Waals surface area contributed by atoms with Crippen molar-refractivity contribution in [3.05, 3.63) is 81.6 Å². The van der Waals surface area contributed by atoms with Gasteiger partial charge in [0.15, 0.2) is 5.65 Å². The Kier molecular flexibility index (Phi) is 5.85. The summed E-state index contributed by atoms with van der Waals surface area (Å²) in [7, 11) is 0. The summed E-state index contributed by atoms with van der Waals surface area (Å²) in [5, 5.41) is 5.63. The van der Waals surface area contributed by atoms with Crippen LogP contribution in [0.15, 0.2) is 48.5 Å². The Hall–Kier alpha value is -2.89. The van der Waals surface area contributed by atoms with Crippen LogP contribution in [0.3, 0.4) is 0 Å². The lowest BCUT2D eigenvalue weighted by molar-refractivity contribution is 0.248. The monoisotopic (exact) mass is 459 g/mol. The number of piperazine rings is 1. The van der Waals surface area contributed by atoms with Crippen molar-refractivity contribution in [2.75, 3.05) is 31.1 Å². The molecule has 4 aromatic rings. The Morgan fingerprint density at radius 3 is 2.30 bits per heavy atom. The third kappa shape index (κ3) is 4.35. The first-order chi connectivity index (χ1) is 15.9. The summed E-state index contributed by atoms with van der Waals surface area (Å²) in [6.07, 6.45) is 0. The largest absolute Gasteiger partial charge is 0.354 e. The van der Waals surface area contributed by atoms with Crippen LogP contribution in [-0.4, -0.2) is 45.7 Å². The highest BCUT2D eigenvalue weighted by atomic mass is 35.5. The first-order valence-corrected chi connectivity index (χ1v) is 11.9. The van der Waals surface area contributed by atoms with Crippen LogP contribution in [0.2, 0.25) is 5.02 Å². The smallest absolute Gasteiger partial charge is 0.165 e. The lowest BCUT2D eigenvalue weighted by Gasteiger charge is -2.36. The molecule has 0 unspecified atom stereocenters. The number of hydrogen-bond acceptors (Lipinski definition) is 4. The lowest BCUT2D eigenvalue weighted by atomic mass is 10.1. The van der Waals surface area contributed by atoms with Crippen LogP contribution in [0.4, 0.5) is 5.82 Å². The maximum absolute atomic E-state index is 6.11. The van der Waals surface area contributed by atoms with E-state index in [2.05, 4.69) is 61.8 Å². The van der Waals surface area contributed by atoms with Gasteiger partial charge in [-0.2, -0.15) is 9.61 Å². The molecular weight excluding hydrogens is 430 g/mol. The molecule has 1 saturated heterocycles. The Labute approximate surface area is 200 Å². The third-order valence-electron chi connectivity index (χ3n) is 6.59. The van der Waals surface area contributed by atoms with Crippen LogP contribution in [0.5, 0.6) is 0 Å².